The molecule has 426 valence electrons. The molecule has 0 aliphatic carbocycles. The highest BCUT2D eigenvalue weighted by atomic mass is 16.5. The third-order valence-electron chi connectivity index (χ3n) is 15.2. The number of unbranched alkanes of at least 4 members (excludes halogenated alkanes) is 46. The SMILES string of the molecule is CCCC/C=C\CCCCCCCC(=O)OCCCCCCCCCCC/C=C\CCCCCCCCCC(=O)NC(CO)C(O)CCCCCCCCCCCCCCCCCCCCCCCCCC. The van der Waals surface area contributed by atoms with Gasteiger partial charge in [-0.25, -0.2) is 0 Å². The molecule has 0 heterocycles. The molecule has 0 aromatic heterocycles. The van der Waals surface area contributed by atoms with Gasteiger partial charge in [0.25, 0.3) is 0 Å². The molecule has 0 fully saturated rings. The van der Waals surface area contributed by atoms with Crippen LogP contribution in [0.5, 0.6) is 0 Å². The lowest BCUT2D eigenvalue weighted by atomic mass is 10.0. The zero-order valence-corrected chi connectivity index (χ0v) is 48.7. The van der Waals surface area contributed by atoms with Crippen molar-refractivity contribution in [3.63, 3.8) is 0 Å². The number of hydrogen-bond donors (Lipinski definition) is 3. The van der Waals surface area contributed by atoms with E-state index in [1.165, 1.54) is 283 Å². The van der Waals surface area contributed by atoms with Gasteiger partial charge >= 0.3 is 5.97 Å². The van der Waals surface area contributed by atoms with E-state index in [0.29, 0.717) is 25.9 Å². The van der Waals surface area contributed by atoms with Gasteiger partial charge in [-0.15, -0.1) is 0 Å². The molecule has 0 aromatic carbocycles. The van der Waals surface area contributed by atoms with Crippen LogP contribution in [0.3, 0.4) is 0 Å². The number of allylic oxidation sites excluding steroid dienone is 4. The van der Waals surface area contributed by atoms with Crippen LogP contribution in [0.15, 0.2) is 24.3 Å². The molecule has 2 unspecified atom stereocenters. The van der Waals surface area contributed by atoms with Crippen LogP contribution < -0.4 is 5.32 Å². The fraction of sp³-hybridized carbons (Fsp3) is 0.909. The minimum absolute atomic E-state index is 0.00419. The summed E-state index contributed by atoms with van der Waals surface area (Å²) in [6.07, 6.45) is 76.3. The summed E-state index contributed by atoms with van der Waals surface area (Å²) >= 11 is 0. The van der Waals surface area contributed by atoms with E-state index < -0.39 is 12.1 Å². The van der Waals surface area contributed by atoms with Crippen LogP contribution in [-0.2, 0) is 14.3 Å². The standard InChI is InChI=1S/C66H127NO5/c1-3-5-7-9-11-13-15-16-17-18-19-20-21-22-23-26-29-32-35-39-42-46-50-54-58-64(69)63(62-68)67-65(70)59-55-51-47-43-40-36-33-30-27-24-25-28-31-34-37-41-45-49-53-57-61-72-66(71)60-56-52-48-44-38-14-12-10-8-6-4-2/h10,12,24,27,63-64,68-69H,3-9,11,13-23,25-26,28-62H2,1-2H3,(H,67,70)/b12-10-,27-24-. The first-order valence-corrected chi connectivity index (χ1v) is 32.6. The summed E-state index contributed by atoms with van der Waals surface area (Å²) in [5, 5.41) is 23.4. The van der Waals surface area contributed by atoms with Gasteiger partial charge in [0, 0.05) is 12.8 Å². The number of aliphatic hydroxyl groups is 2. The zero-order chi connectivity index (χ0) is 52.2. The van der Waals surface area contributed by atoms with Gasteiger partial charge in [-0.1, -0.05) is 301 Å². The average molecular weight is 1010 g/mol. The molecule has 3 N–H and O–H groups in total. The van der Waals surface area contributed by atoms with Crippen molar-refractivity contribution in [2.75, 3.05) is 13.2 Å². The van der Waals surface area contributed by atoms with E-state index >= 15 is 0 Å². The first-order valence-electron chi connectivity index (χ1n) is 32.6. The summed E-state index contributed by atoms with van der Waals surface area (Å²) in [7, 11) is 0. The summed E-state index contributed by atoms with van der Waals surface area (Å²) in [6.45, 7) is 4.93. The molecule has 0 rings (SSSR count). The Balaban J connectivity index is 3.43. The molecule has 0 aromatic rings. The van der Waals surface area contributed by atoms with Gasteiger partial charge < -0.3 is 20.3 Å². The van der Waals surface area contributed by atoms with E-state index in [9.17, 15) is 19.8 Å². The Morgan fingerprint density at radius 2 is 0.667 bits per heavy atom. The number of ether oxygens (including phenoxy) is 1. The third kappa shape index (κ3) is 57.6. The van der Waals surface area contributed by atoms with Crippen molar-refractivity contribution >= 4 is 11.9 Å². The number of carbonyl (C=O) groups excluding carboxylic acids is 2. The van der Waals surface area contributed by atoms with Crippen LogP contribution >= 0.6 is 0 Å². The number of nitrogens with one attached hydrogen (secondary N) is 1. The second-order valence-electron chi connectivity index (χ2n) is 22.4. The van der Waals surface area contributed by atoms with Gasteiger partial charge in [0.15, 0.2) is 0 Å². The molecule has 72 heavy (non-hydrogen) atoms. The fourth-order valence-corrected chi connectivity index (χ4v) is 10.2. The number of esters is 1. The lowest BCUT2D eigenvalue weighted by Gasteiger charge is -2.22. The smallest absolute Gasteiger partial charge is 0.305 e. The molecular weight excluding hydrogens is 887 g/mol. The van der Waals surface area contributed by atoms with E-state index in [1.807, 2.05) is 0 Å². The Kier molecular flexibility index (Phi) is 60.5. The normalized spacial score (nSPS) is 12.7. The second kappa shape index (κ2) is 61.9. The van der Waals surface area contributed by atoms with Crippen LogP contribution in [0.25, 0.3) is 0 Å². The lowest BCUT2D eigenvalue weighted by Crippen LogP contribution is -2.45. The predicted molar refractivity (Wildman–Crippen MR) is 315 cm³/mol. The van der Waals surface area contributed by atoms with Crippen LogP contribution in [0.2, 0.25) is 0 Å². The highest BCUT2D eigenvalue weighted by Crippen LogP contribution is 2.18. The van der Waals surface area contributed by atoms with Gasteiger partial charge in [0.05, 0.1) is 25.4 Å². The fourth-order valence-electron chi connectivity index (χ4n) is 10.2. The molecule has 0 aliphatic heterocycles. The maximum absolute atomic E-state index is 12.5. The van der Waals surface area contributed by atoms with Crippen molar-refractivity contribution in [3.8, 4) is 0 Å². The summed E-state index contributed by atoms with van der Waals surface area (Å²) in [6, 6.07) is -0.549. The van der Waals surface area contributed by atoms with Crippen molar-refractivity contribution in [1.82, 2.24) is 5.32 Å². The number of carbonyl (C=O) groups is 2. The summed E-state index contributed by atoms with van der Waals surface area (Å²) in [5.41, 5.74) is 0. The minimum Gasteiger partial charge on any atom is -0.466 e. The zero-order valence-electron chi connectivity index (χ0n) is 48.7. The van der Waals surface area contributed by atoms with E-state index in [1.54, 1.807) is 0 Å². The largest absolute Gasteiger partial charge is 0.466 e. The monoisotopic (exact) mass is 1010 g/mol. The quantitative estimate of drug-likeness (QED) is 0.0320. The summed E-state index contributed by atoms with van der Waals surface area (Å²) in [5.74, 6) is -0.0440. The second-order valence-corrected chi connectivity index (χ2v) is 22.4. The van der Waals surface area contributed by atoms with E-state index in [-0.39, 0.29) is 18.5 Å². The Morgan fingerprint density at radius 1 is 0.375 bits per heavy atom. The van der Waals surface area contributed by atoms with Gasteiger partial charge in [-0.2, -0.15) is 0 Å². The van der Waals surface area contributed by atoms with E-state index in [4.69, 9.17) is 4.74 Å². The van der Waals surface area contributed by atoms with Gasteiger partial charge in [-0.3, -0.25) is 9.59 Å². The first kappa shape index (κ1) is 70.3. The van der Waals surface area contributed by atoms with Crippen molar-refractivity contribution in [2.24, 2.45) is 0 Å². The Bertz CT molecular complexity index is 1120. The summed E-state index contributed by atoms with van der Waals surface area (Å²) < 4.78 is 5.46. The molecular formula is C66H127NO5. The van der Waals surface area contributed by atoms with Crippen molar-refractivity contribution in [3.05, 3.63) is 24.3 Å². The molecule has 0 bridgehead atoms. The molecule has 0 radical (unpaired) electrons. The van der Waals surface area contributed by atoms with Crippen LogP contribution in [0, 0.1) is 0 Å². The molecule has 0 saturated carbocycles. The number of rotatable bonds is 61. The Labute approximate surface area is 450 Å². The third-order valence-corrected chi connectivity index (χ3v) is 15.2. The first-order chi connectivity index (χ1) is 35.5. The molecule has 6 heteroatoms. The van der Waals surface area contributed by atoms with E-state index in [0.717, 1.165) is 44.9 Å². The van der Waals surface area contributed by atoms with Crippen LogP contribution in [0.1, 0.15) is 361 Å². The van der Waals surface area contributed by atoms with Crippen molar-refractivity contribution < 1.29 is 24.5 Å². The van der Waals surface area contributed by atoms with Gasteiger partial charge in [-0.05, 0) is 70.6 Å². The lowest BCUT2D eigenvalue weighted by molar-refractivity contribution is -0.143. The van der Waals surface area contributed by atoms with Gasteiger partial charge in [0.2, 0.25) is 5.91 Å². The topological polar surface area (TPSA) is 95.9 Å². The predicted octanol–water partition coefficient (Wildman–Crippen LogP) is 20.6. The molecule has 1 amide bonds. The highest BCUT2D eigenvalue weighted by Gasteiger charge is 2.20. The number of aliphatic hydroxyl groups excluding tert-OH is 2. The maximum atomic E-state index is 12.5. The maximum Gasteiger partial charge on any atom is 0.305 e. The van der Waals surface area contributed by atoms with E-state index in [2.05, 4.69) is 43.5 Å². The van der Waals surface area contributed by atoms with Crippen LogP contribution in [-0.4, -0.2) is 47.4 Å². The number of amides is 1. The molecule has 0 spiro atoms. The summed E-state index contributed by atoms with van der Waals surface area (Å²) in [4.78, 5) is 24.5. The number of hydrogen-bond acceptors (Lipinski definition) is 5. The Morgan fingerprint density at radius 3 is 1.03 bits per heavy atom. The molecule has 0 saturated heterocycles. The average Bonchev–Trinajstić information content (AvgIpc) is 3.38. The Hall–Kier alpha value is -1.66. The molecule has 0 aliphatic rings. The van der Waals surface area contributed by atoms with Crippen molar-refractivity contribution in [1.29, 1.82) is 0 Å². The minimum atomic E-state index is -0.671. The van der Waals surface area contributed by atoms with Crippen LogP contribution in [0.4, 0.5) is 0 Å². The molecule has 2 atom stereocenters. The van der Waals surface area contributed by atoms with Gasteiger partial charge in [0.1, 0.15) is 0 Å². The van der Waals surface area contributed by atoms with Crippen molar-refractivity contribution in [2.45, 2.75) is 373 Å². The highest BCUT2D eigenvalue weighted by molar-refractivity contribution is 5.76. The molecule has 6 nitrogen and oxygen atoms in total.